The number of ether oxygens (including phenoxy) is 3. The Morgan fingerprint density at radius 2 is 2.11 bits per heavy atom. The zero-order valence-electron chi connectivity index (χ0n) is 11.5. The van der Waals surface area contributed by atoms with Crippen LogP contribution >= 0.6 is 0 Å². The summed E-state index contributed by atoms with van der Waals surface area (Å²) in [5.41, 5.74) is 0.276. The Balaban J connectivity index is 2.59. The van der Waals surface area contributed by atoms with E-state index in [2.05, 4.69) is 0 Å². The molecule has 1 N–H and O–H groups in total. The van der Waals surface area contributed by atoms with Crippen LogP contribution in [0.1, 0.15) is 29.8 Å². The van der Waals surface area contributed by atoms with Crippen molar-refractivity contribution in [3.8, 4) is 11.5 Å². The van der Waals surface area contributed by atoms with Crippen LogP contribution in [-0.2, 0) is 11.2 Å². The molecule has 1 aliphatic rings. The summed E-state index contributed by atoms with van der Waals surface area (Å²) < 4.78 is 15.8. The summed E-state index contributed by atoms with van der Waals surface area (Å²) in [5.74, 6) is 0.560. The lowest BCUT2D eigenvalue weighted by atomic mass is 9.89. The molecule has 0 fully saturated rings. The predicted octanol–water partition coefficient (Wildman–Crippen LogP) is 1.56. The third-order valence-corrected chi connectivity index (χ3v) is 3.41. The fourth-order valence-corrected chi connectivity index (χ4v) is 2.15. The van der Waals surface area contributed by atoms with Gasteiger partial charge >= 0.3 is 5.97 Å². The maximum absolute atomic E-state index is 11.8. The molecular weight excluding hydrogens is 248 g/mol. The van der Waals surface area contributed by atoms with Crippen LogP contribution in [0.3, 0.4) is 0 Å². The van der Waals surface area contributed by atoms with Crippen LogP contribution in [-0.4, -0.2) is 37.0 Å². The van der Waals surface area contributed by atoms with E-state index in [0.717, 1.165) is 0 Å². The maximum atomic E-state index is 11.8. The van der Waals surface area contributed by atoms with Gasteiger partial charge in [-0.05, 0) is 26.0 Å². The highest BCUT2D eigenvalue weighted by molar-refractivity contribution is 5.93. The van der Waals surface area contributed by atoms with E-state index in [1.54, 1.807) is 33.1 Å². The molecular formula is C14H18O5. The van der Waals surface area contributed by atoms with E-state index in [0.29, 0.717) is 29.0 Å². The fourth-order valence-electron chi connectivity index (χ4n) is 2.15. The van der Waals surface area contributed by atoms with Crippen molar-refractivity contribution in [3.05, 3.63) is 23.3 Å². The number of benzene rings is 1. The van der Waals surface area contributed by atoms with E-state index in [1.807, 2.05) is 0 Å². The monoisotopic (exact) mass is 266 g/mol. The summed E-state index contributed by atoms with van der Waals surface area (Å²) in [6.07, 6.45) is -0.294. The van der Waals surface area contributed by atoms with Crippen LogP contribution in [0.25, 0.3) is 0 Å². The first-order valence-corrected chi connectivity index (χ1v) is 6.06. The molecule has 5 nitrogen and oxygen atoms in total. The summed E-state index contributed by atoms with van der Waals surface area (Å²) in [6, 6.07) is 3.29. The van der Waals surface area contributed by atoms with Gasteiger partial charge in [0, 0.05) is 12.0 Å². The minimum absolute atomic E-state index is 0.346. The van der Waals surface area contributed by atoms with Crippen molar-refractivity contribution in [3.63, 3.8) is 0 Å². The Kier molecular flexibility index (Phi) is 3.41. The van der Waals surface area contributed by atoms with Crippen LogP contribution in [0, 0.1) is 0 Å². The van der Waals surface area contributed by atoms with Gasteiger partial charge < -0.3 is 19.3 Å². The summed E-state index contributed by atoms with van der Waals surface area (Å²) in [7, 11) is 2.86. The average molecular weight is 266 g/mol. The molecule has 0 bridgehead atoms. The normalized spacial score (nSPS) is 20.2. The molecule has 1 heterocycles. The number of aliphatic hydroxyl groups is 1. The topological polar surface area (TPSA) is 65.0 Å². The first kappa shape index (κ1) is 13.7. The largest absolute Gasteiger partial charge is 0.496 e. The molecule has 104 valence electrons. The predicted molar refractivity (Wildman–Crippen MR) is 68.8 cm³/mol. The number of hydrogen-bond acceptors (Lipinski definition) is 5. The highest BCUT2D eigenvalue weighted by Gasteiger charge is 2.39. The van der Waals surface area contributed by atoms with Crippen molar-refractivity contribution < 1.29 is 24.1 Å². The molecule has 0 radical (unpaired) electrons. The molecule has 1 atom stereocenters. The van der Waals surface area contributed by atoms with Gasteiger partial charge in [-0.1, -0.05) is 0 Å². The molecule has 0 spiro atoms. The maximum Gasteiger partial charge on any atom is 0.341 e. The van der Waals surface area contributed by atoms with Gasteiger partial charge in [0.1, 0.15) is 22.7 Å². The average Bonchev–Trinajstić information content (AvgIpc) is 2.38. The van der Waals surface area contributed by atoms with Crippen molar-refractivity contribution in [1.29, 1.82) is 0 Å². The molecule has 5 heteroatoms. The number of hydrogen-bond donors (Lipinski definition) is 1. The Hall–Kier alpha value is -1.75. The first-order chi connectivity index (χ1) is 8.90. The second-order valence-electron chi connectivity index (χ2n) is 5.04. The molecule has 0 aromatic heterocycles. The Labute approximate surface area is 112 Å². The van der Waals surface area contributed by atoms with E-state index in [-0.39, 0.29) is 0 Å². The Bertz CT molecular complexity index is 507. The summed E-state index contributed by atoms with van der Waals surface area (Å²) >= 11 is 0. The van der Waals surface area contributed by atoms with Crippen molar-refractivity contribution in [2.24, 2.45) is 0 Å². The van der Waals surface area contributed by atoms with Crippen molar-refractivity contribution >= 4 is 5.97 Å². The highest BCUT2D eigenvalue weighted by atomic mass is 16.5. The Morgan fingerprint density at radius 1 is 1.42 bits per heavy atom. The number of aliphatic hydroxyl groups excluding tert-OH is 1. The van der Waals surface area contributed by atoms with E-state index in [1.165, 1.54) is 7.11 Å². The second-order valence-corrected chi connectivity index (χ2v) is 5.04. The number of fused-ring (bicyclic) bond motifs is 1. The zero-order chi connectivity index (χ0) is 14.2. The minimum atomic E-state index is -0.762. The number of methoxy groups -OCH3 is 2. The number of carbonyl (C=O) groups is 1. The first-order valence-electron chi connectivity index (χ1n) is 6.06. The number of rotatable bonds is 2. The standard InChI is InChI=1S/C14H18O5/c1-14(2)11(15)7-9-10(17-3)6-5-8(12(9)19-14)13(16)18-4/h5-6,11,15H,7H2,1-4H3/t11-/m1/s1. The van der Waals surface area contributed by atoms with Gasteiger partial charge in [0.2, 0.25) is 0 Å². The number of carbonyl (C=O) groups excluding carboxylic acids is 1. The Morgan fingerprint density at radius 3 is 2.68 bits per heavy atom. The van der Waals surface area contributed by atoms with Gasteiger partial charge in [0.15, 0.2) is 0 Å². The van der Waals surface area contributed by atoms with Crippen LogP contribution < -0.4 is 9.47 Å². The molecule has 1 aromatic carbocycles. The molecule has 0 unspecified atom stereocenters. The molecule has 2 rings (SSSR count). The van der Waals surface area contributed by atoms with Crippen LogP contribution in [0.4, 0.5) is 0 Å². The lowest BCUT2D eigenvalue weighted by molar-refractivity contribution is -0.0424. The lowest BCUT2D eigenvalue weighted by Crippen LogP contribution is -2.46. The molecule has 0 saturated carbocycles. The molecule has 0 aliphatic carbocycles. The lowest BCUT2D eigenvalue weighted by Gasteiger charge is -2.38. The third-order valence-electron chi connectivity index (χ3n) is 3.41. The van der Waals surface area contributed by atoms with Crippen molar-refractivity contribution in [2.45, 2.75) is 32.0 Å². The van der Waals surface area contributed by atoms with Gasteiger partial charge in [0.05, 0.1) is 20.3 Å². The van der Waals surface area contributed by atoms with E-state index in [4.69, 9.17) is 14.2 Å². The SMILES string of the molecule is COC(=O)c1ccc(OC)c2c1OC(C)(C)[C@H](O)C2. The van der Waals surface area contributed by atoms with Crippen LogP contribution in [0.5, 0.6) is 11.5 Å². The van der Waals surface area contributed by atoms with Gasteiger partial charge in [-0.15, -0.1) is 0 Å². The molecule has 1 aromatic rings. The molecule has 0 amide bonds. The molecule has 19 heavy (non-hydrogen) atoms. The van der Waals surface area contributed by atoms with E-state index in [9.17, 15) is 9.90 Å². The van der Waals surface area contributed by atoms with Crippen molar-refractivity contribution in [1.82, 2.24) is 0 Å². The highest BCUT2D eigenvalue weighted by Crippen LogP contribution is 2.41. The minimum Gasteiger partial charge on any atom is -0.496 e. The smallest absolute Gasteiger partial charge is 0.341 e. The second kappa shape index (κ2) is 4.74. The van der Waals surface area contributed by atoms with Crippen LogP contribution in [0.15, 0.2) is 12.1 Å². The summed E-state index contributed by atoms with van der Waals surface area (Å²) in [4.78, 5) is 11.8. The van der Waals surface area contributed by atoms with E-state index < -0.39 is 17.7 Å². The molecule has 0 saturated heterocycles. The van der Waals surface area contributed by atoms with Gasteiger partial charge in [-0.3, -0.25) is 0 Å². The van der Waals surface area contributed by atoms with Gasteiger partial charge in [0.25, 0.3) is 0 Å². The quantitative estimate of drug-likeness (QED) is 0.823. The third kappa shape index (κ3) is 2.26. The fraction of sp³-hybridized carbons (Fsp3) is 0.500. The summed E-state index contributed by atoms with van der Waals surface area (Å²) in [6.45, 7) is 3.56. The summed E-state index contributed by atoms with van der Waals surface area (Å²) in [5, 5.41) is 10.1. The van der Waals surface area contributed by atoms with Crippen LogP contribution in [0.2, 0.25) is 0 Å². The van der Waals surface area contributed by atoms with E-state index >= 15 is 0 Å². The van der Waals surface area contributed by atoms with Crippen molar-refractivity contribution in [2.75, 3.05) is 14.2 Å². The van der Waals surface area contributed by atoms with Gasteiger partial charge in [-0.25, -0.2) is 4.79 Å². The zero-order valence-corrected chi connectivity index (χ0v) is 11.5. The number of esters is 1. The van der Waals surface area contributed by atoms with Gasteiger partial charge in [-0.2, -0.15) is 0 Å². The molecule has 1 aliphatic heterocycles.